The van der Waals surface area contributed by atoms with Crippen LogP contribution in [0.3, 0.4) is 0 Å². The quantitative estimate of drug-likeness (QED) is 0.711. The Hall–Kier alpha value is -0.0800. The maximum Gasteiger partial charge on any atom is 0.0494 e. The van der Waals surface area contributed by atoms with E-state index in [1.807, 2.05) is 0 Å². The van der Waals surface area contributed by atoms with E-state index in [0.717, 1.165) is 24.3 Å². The molecular weight excluding hydrogens is 162 g/mol. The molecule has 1 N–H and O–H groups in total. The van der Waals surface area contributed by atoms with Gasteiger partial charge in [-0.3, -0.25) is 0 Å². The number of piperidine rings is 1. The molecule has 1 saturated carbocycles. The average Bonchev–Trinajstić information content (AvgIpc) is 2.48. The Kier molecular flexibility index (Phi) is 2.16. The van der Waals surface area contributed by atoms with E-state index < -0.39 is 0 Å². The minimum Gasteiger partial charge on any atom is -0.396 e. The number of rotatable bonds is 3. The molecule has 0 radical (unpaired) electrons. The van der Waals surface area contributed by atoms with Crippen LogP contribution in [0.25, 0.3) is 0 Å². The van der Waals surface area contributed by atoms with Crippen molar-refractivity contribution in [3.8, 4) is 0 Å². The van der Waals surface area contributed by atoms with Gasteiger partial charge in [0.1, 0.15) is 0 Å². The normalized spacial score (nSPS) is 39.2. The van der Waals surface area contributed by atoms with Crippen molar-refractivity contribution in [3.05, 3.63) is 0 Å². The third-order valence-electron chi connectivity index (χ3n) is 3.78. The van der Waals surface area contributed by atoms with Crippen LogP contribution in [0, 0.1) is 23.2 Å². The monoisotopic (exact) mass is 183 g/mol. The predicted molar refractivity (Wildman–Crippen MR) is 53.5 cm³/mol. The molecule has 2 nitrogen and oxygen atoms in total. The van der Waals surface area contributed by atoms with Crippen molar-refractivity contribution in [1.82, 2.24) is 4.90 Å². The van der Waals surface area contributed by atoms with Crippen LogP contribution in [0.15, 0.2) is 0 Å². The molecule has 13 heavy (non-hydrogen) atoms. The highest BCUT2D eigenvalue weighted by Gasteiger charge is 2.52. The highest BCUT2D eigenvalue weighted by molar-refractivity contribution is 5.03. The van der Waals surface area contributed by atoms with Crippen molar-refractivity contribution in [3.63, 3.8) is 0 Å². The zero-order valence-electron chi connectivity index (χ0n) is 8.95. The summed E-state index contributed by atoms with van der Waals surface area (Å²) in [6.45, 7) is 10.5. The number of likely N-dealkylation sites (tertiary alicyclic amines) is 1. The summed E-state index contributed by atoms with van der Waals surface area (Å²) in [5.41, 5.74) is 0.0834. The molecule has 1 heterocycles. The molecule has 2 aliphatic rings. The van der Waals surface area contributed by atoms with Gasteiger partial charge in [0.15, 0.2) is 0 Å². The van der Waals surface area contributed by atoms with Crippen molar-refractivity contribution in [2.24, 2.45) is 23.2 Å². The molecule has 0 amide bonds. The number of fused-ring (bicyclic) bond motifs is 1. The molecule has 0 aromatic heterocycles. The summed E-state index contributed by atoms with van der Waals surface area (Å²) in [6, 6.07) is 0. The Balaban J connectivity index is 1.80. The van der Waals surface area contributed by atoms with Gasteiger partial charge in [-0.1, -0.05) is 20.8 Å². The van der Waals surface area contributed by atoms with Crippen LogP contribution < -0.4 is 0 Å². The van der Waals surface area contributed by atoms with Crippen molar-refractivity contribution in [1.29, 1.82) is 0 Å². The largest absolute Gasteiger partial charge is 0.396 e. The third kappa shape index (κ3) is 1.75. The van der Waals surface area contributed by atoms with Crippen LogP contribution in [0.5, 0.6) is 0 Å². The van der Waals surface area contributed by atoms with Crippen molar-refractivity contribution < 1.29 is 5.11 Å². The summed E-state index contributed by atoms with van der Waals surface area (Å²) >= 11 is 0. The number of aliphatic hydroxyl groups excluding tert-OH is 1. The second kappa shape index (κ2) is 2.96. The van der Waals surface area contributed by atoms with Gasteiger partial charge in [-0.2, -0.15) is 0 Å². The lowest BCUT2D eigenvalue weighted by molar-refractivity contribution is 0.107. The van der Waals surface area contributed by atoms with Crippen LogP contribution in [0.2, 0.25) is 0 Å². The second-order valence-electron chi connectivity index (χ2n) is 5.70. The van der Waals surface area contributed by atoms with E-state index in [0.29, 0.717) is 6.61 Å². The zero-order chi connectivity index (χ0) is 9.64. The van der Waals surface area contributed by atoms with Crippen molar-refractivity contribution in [2.45, 2.75) is 20.8 Å². The summed E-state index contributed by atoms with van der Waals surface area (Å²) < 4.78 is 0. The molecule has 1 aliphatic heterocycles. The topological polar surface area (TPSA) is 23.5 Å². The van der Waals surface area contributed by atoms with Gasteiger partial charge < -0.3 is 10.0 Å². The number of hydrogen-bond acceptors (Lipinski definition) is 2. The van der Waals surface area contributed by atoms with Gasteiger partial charge in [0, 0.05) is 31.7 Å². The van der Waals surface area contributed by atoms with E-state index >= 15 is 0 Å². The third-order valence-corrected chi connectivity index (χ3v) is 3.78. The molecule has 0 aromatic rings. The van der Waals surface area contributed by atoms with Crippen molar-refractivity contribution in [2.75, 3.05) is 26.2 Å². The molecule has 2 rings (SSSR count). The van der Waals surface area contributed by atoms with E-state index in [2.05, 4.69) is 25.7 Å². The lowest BCUT2D eigenvalue weighted by Gasteiger charge is -2.29. The van der Waals surface area contributed by atoms with Gasteiger partial charge >= 0.3 is 0 Å². The Labute approximate surface area is 80.9 Å². The van der Waals surface area contributed by atoms with Gasteiger partial charge in [-0.25, -0.2) is 0 Å². The fourth-order valence-corrected chi connectivity index (χ4v) is 2.70. The molecule has 0 aromatic carbocycles. The molecule has 2 heteroatoms. The standard InChI is InChI=1S/C11H21NO/c1-8-9-4-12(5-10(8)9)6-11(2,3)7-13/h8-10,13H,4-7H2,1-3H3/t8?,9-,10?/m1/s1. The first-order chi connectivity index (χ1) is 6.03. The summed E-state index contributed by atoms with van der Waals surface area (Å²) in [4.78, 5) is 2.52. The molecule has 2 fully saturated rings. The van der Waals surface area contributed by atoms with Gasteiger partial charge in [0.2, 0.25) is 0 Å². The molecule has 1 saturated heterocycles. The van der Waals surface area contributed by atoms with E-state index in [-0.39, 0.29) is 5.41 Å². The fourth-order valence-electron chi connectivity index (χ4n) is 2.70. The van der Waals surface area contributed by atoms with Gasteiger partial charge in [0.25, 0.3) is 0 Å². The number of aliphatic hydroxyl groups is 1. The SMILES string of the molecule is CC1C2CN(CC(C)(C)CO)C[C@H]12. The summed E-state index contributed by atoms with van der Waals surface area (Å²) in [6.07, 6.45) is 0. The van der Waals surface area contributed by atoms with Crippen LogP contribution >= 0.6 is 0 Å². The van der Waals surface area contributed by atoms with Gasteiger partial charge in [0.05, 0.1) is 0 Å². The number of nitrogens with zero attached hydrogens (tertiary/aromatic N) is 1. The van der Waals surface area contributed by atoms with E-state index in [9.17, 15) is 0 Å². The first-order valence-corrected chi connectivity index (χ1v) is 5.37. The zero-order valence-corrected chi connectivity index (χ0v) is 8.95. The van der Waals surface area contributed by atoms with E-state index in [1.54, 1.807) is 0 Å². The minimum atomic E-state index is 0.0834. The highest BCUT2D eigenvalue weighted by Crippen LogP contribution is 2.51. The maximum absolute atomic E-state index is 9.16. The Bertz CT molecular complexity index is 190. The van der Waals surface area contributed by atoms with E-state index in [1.165, 1.54) is 13.1 Å². The van der Waals surface area contributed by atoms with Crippen molar-refractivity contribution >= 4 is 0 Å². The Morgan fingerprint density at radius 1 is 1.31 bits per heavy atom. The summed E-state index contributed by atoms with van der Waals surface area (Å²) in [7, 11) is 0. The van der Waals surface area contributed by atoms with E-state index in [4.69, 9.17) is 5.11 Å². The molecule has 2 unspecified atom stereocenters. The maximum atomic E-state index is 9.16. The Morgan fingerprint density at radius 2 is 1.85 bits per heavy atom. The predicted octanol–water partition coefficient (Wildman–Crippen LogP) is 1.20. The fraction of sp³-hybridized carbons (Fsp3) is 1.00. The molecule has 0 bridgehead atoms. The van der Waals surface area contributed by atoms with Gasteiger partial charge in [-0.15, -0.1) is 0 Å². The molecule has 1 aliphatic carbocycles. The number of hydrogen-bond donors (Lipinski definition) is 1. The smallest absolute Gasteiger partial charge is 0.0494 e. The minimum absolute atomic E-state index is 0.0834. The summed E-state index contributed by atoms with van der Waals surface area (Å²) in [5, 5.41) is 9.16. The van der Waals surface area contributed by atoms with Crippen LogP contribution in [0.1, 0.15) is 20.8 Å². The molecule has 76 valence electrons. The lowest BCUT2D eigenvalue weighted by Crippen LogP contribution is -2.36. The summed E-state index contributed by atoms with van der Waals surface area (Å²) in [5.74, 6) is 2.94. The highest BCUT2D eigenvalue weighted by atomic mass is 16.3. The molecule has 0 spiro atoms. The Morgan fingerprint density at radius 3 is 2.31 bits per heavy atom. The first kappa shape index (κ1) is 9.47. The van der Waals surface area contributed by atoms with Crippen LogP contribution in [0.4, 0.5) is 0 Å². The lowest BCUT2D eigenvalue weighted by atomic mass is 9.94. The van der Waals surface area contributed by atoms with Crippen LogP contribution in [-0.2, 0) is 0 Å². The molecule has 3 atom stereocenters. The average molecular weight is 183 g/mol. The van der Waals surface area contributed by atoms with Crippen LogP contribution in [-0.4, -0.2) is 36.2 Å². The first-order valence-electron chi connectivity index (χ1n) is 5.37. The van der Waals surface area contributed by atoms with Gasteiger partial charge in [-0.05, 0) is 17.8 Å². The molecular formula is C11H21NO. The second-order valence-corrected chi connectivity index (χ2v) is 5.70.